The minimum Gasteiger partial charge on any atom is -0.394 e. The lowest BCUT2D eigenvalue weighted by Gasteiger charge is -2.23. The number of aliphatic hydroxyl groups excluding tert-OH is 3. The molecule has 0 aromatic carbocycles. The largest absolute Gasteiger partial charge is 0.394 e. The average Bonchev–Trinajstić information content (AvgIpc) is 3.22. The summed E-state index contributed by atoms with van der Waals surface area (Å²) in [5, 5.41) is 33.5. The number of rotatable bonds is 48. The minimum atomic E-state index is -1.08. The van der Waals surface area contributed by atoms with Crippen LogP contribution in [0.25, 0.3) is 0 Å². The van der Waals surface area contributed by atoms with Crippen molar-refractivity contribution >= 4 is 5.91 Å². The normalized spacial score (nSPS) is 13.4. The molecule has 340 valence electrons. The molecule has 0 aliphatic carbocycles. The van der Waals surface area contributed by atoms with Crippen LogP contribution in [0.15, 0.2) is 12.2 Å². The summed E-state index contributed by atoms with van der Waals surface area (Å²) in [7, 11) is 0. The van der Waals surface area contributed by atoms with Crippen LogP contribution in [0.2, 0.25) is 0 Å². The Kier molecular flexibility index (Phi) is 47.0. The first-order valence-corrected chi connectivity index (χ1v) is 26.0. The number of aliphatic hydroxyl groups is 3. The Hall–Kier alpha value is -0.910. The molecule has 1 amide bonds. The van der Waals surface area contributed by atoms with E-state index in [1.165, 1.54) is 231 Å². The maximum Gasteiger partial charge on any atom is 0.249 e. The highest BCUT2D eigenvalue weighted by Gasteiger charge is 2.23. The van der Waals surface area contributed by atoms with E-state index in [9.17, 15) is 20.1 Å². The fourth-order valence-electron chi connectivity index (χ4n) is 8.31. The molecule has 5 nitrogen and oxygen atoms in total. The number of carbonyl (C=O) groups excluding carboxylic acids is 1. The third-order valence-corrected chi connectivity index (χ3v) is 12.4. The van der Waals surface area contributed by atoms with Crippen molar-refractivity contribution in [2.75, 3.05) is 6.61 Å². The van der Waals surface area contributed by atoms with Gasteiger partial charge < -0.3 is 20.6 Å². The van der Waals surface area contributed by atoms with Crippen molar-refractivity contribution < 1.29 is 20.1 Å². The van der Waals surface area contributed by atoms with Gasteiger partial charge in [0, 0.05) is 0 Å². The van der Waals surface area contributed by atoms with Crippen LogP contribution < -0.4 is 5.32 Å². The van der Waals surface area contributed by atoms with Gasteiger partial charge in [-0.1, -0.05) is 264 Å². The average molecular weight is 806 g/mol. The van der Waals surface area contributed by atoms with E-state index >= 15 is 0 Å². The van der Waals surface area contributed by atoms with Crippen molar-refractivity contribution in [3.05, 3.63) is 12.2 Å². The topological polar surface area (TPSA) is 89.8 Å². The van der Waals surface area contributed by atoms with Crippen LogP contribution in [0, 0.1) is 0 Å². The first-order valence-electron chi connectivity index (χ1n) is 26.0. The monoisotopic (exact) mass is 806 g/mol. The van der Waals surface area contributed by atoms with E-state index in [1.807, 2.05) is 0 Å². The molecular formula is C52H103NO4. The Labute approximate surface area is 357 Å². The molecule has 3 atom stereocenters. The smallest absolute Gasteiger partial charge is 0.249 e. The number of carbonyl (C=O) groups is 1. The van der Waals surface area contributed by atoms with Crippen LogP contribution in [0.1, 0.15) is 290 Å². The number of unbranched alkanes of at least 4 members (excludes halogenated alkanes) is 38. The summed E-state index contributed by atoms with van der Waals surface area (Å²) in [4.78, 5) is 12.5. The minimum absolute atomic E-state index is 0.312. The van der Waals surface area contributed by atoms with Gasteiger partial charge in [0.1, 0.15) is 6.10 Å². The third kappa shape index (κ3) is 43.0. The van der Waals surface area contributed by atoms with Crippen LogP contribution in [-0.2, 0) is 4.79 Å². The molecule has 0 rings (SSSR count). The van der Waals surface area contributed by atoms with Crippen LogP contribution in [0.5, 0.6) is 0 Å². The third-order valence-electron chi connectivity index (χ3n) is 12.4. The van der Waals surface area contributed by atoms with Gasteiger partial charge in [-0.15, -0.1) is 0 Å². The standard InChI is InChI=1S/C52H103NO4/c1-3-5-7-9-11-13-15-17-19-21-23-24-25-26-27-29-30-32-34-36-38-40-42-44-46-50(55)49(48-54)53-52(57)51(56)47-45-43-41-39-37-35-33-31-28-22-20-18-16-14-12-10-8-6-4-2/h28,31,49-51,54-56H,3-27,29-30,32-48H2,1-2H3,(H,53,57)/b31-28-. The van der Waals surface area contributed by atoms with Gasteiger partial charge >= 0.3 is 0 Å². The van der Waals surface area contributed by atoms with Crippen LogP contribution in [0.3, 0.4) is 0 Å². The summed E-state index contributed by atoms with van der Waals surface area (Å²) in [6, 6.07) is -0.712. The molecule has 0 spiro atoms. The molecule has 57 heavy (non-hydrogen) atoms. The van der Waals surface area contributed by atoms with Crippen molar-refractivity contribution in [1.29, 1.82) is 0 Å². The highest BCUT2D eigenvalue weighted by molar-refractivity contribution is 5.80. The maximum absolute atomic E-state index is 12.5. The summed E-state index contributed by atoms with van der Waals surface area (Å²) < 4.78 is 0. The second kappa shape index (κ2) is 47.8. The summed E-state index contributed by atoms with van der Waals surface area (Å²) in [5.74, 6) is -0.470. The van der Waals surface area contributed by atoms with Crippen molar-refractivity contribution in [3.8, 4) is 0 Å². The zero-order valence-electron chi connectivity index (χ0n) is 38.7. The van der Waals surface area contributed by atoms with Gasteiger partial charge in [-0.25, -0.2) is 0 Å². The quantitative estimate of drug-likeness (QED) is 0.0364. The van der Waals surface area contributed by atoms with Crippen LogP contribution in [-0.4, -0.2) is 46.1 Å². The van der Waals surface area contributed by atoms with Crippen molar-refractivity contribution in [2.24, 2.45) is 0 Å². The molecule has 4 N–H and O–H groups in total. The highest BCUT2D eigenvalue weighted by Crippen LogP contribution is 2.17. The lowest BCUT2D eigenvalue weighted by atomic mass is 10.0. The van der Waals surface area contributed by atoms with E-state index in [1.54, 1.807) is 0 Å². The summed E-state index contributed by atoms with van der Waals surface area (Å²) >= 11 is 0. The maximum atomic E-state index is 12.5. The Balaban J connectivity index is 3.55. The number of allylic oxidation sites excluding steroid dienone is 2. The summed E-state index contributed by atoms with van der Waals surface area (Å²) in [5.41, 5.74) is 0. The molecule has 5 heteroatoms. The molecule has 0 aromatic rings. The zero-order valence-corrected chi connectivity index (χ0v) is 38.7. The molecule has 0 radical (unpaired) electrons. The first kappa shape index (κ1) is 56.1. The fraction of sp³-hybridized carbons (Fsp3) is 0.942. The highest BCUT2D eigenvalue weighted by atomic mass is 16.3. The second-order valence-electron chi connectivity index (χ2n) is 18.1. The molecule has 0 fully saturated rings. The first-order chi connectivity index (χ1) is 28.1. The SMILES string of the molecule is CCCCCCCCCCC/C=C\CCCCCCCCC(O)C(=O)NC(CO)C(O)CCCCCCCCCCCCCCCCCCCCCCCCCC. The van der Waals surface area contributed by atoms with Crippen molar-refractivity contribution in [3.63, 3.8) is 0 Å². The van der Waals surface area contributed by atoms with Gasteiger partial charge in [0.25, 0.3) is 0 Å². The predicted molar refractivity (Wildman–Crippen MR) is 250 cm³/mol. The summed E-state index contributed by atoms with van der Waals surface area (Å²) in [6.07, 6.45) is 58.1. The number of hydrogen-bond donors (Lipinski definition) is 4. The Morgan fingerprint density at radius 1 is 0.404 bits per heavy atom. The van der Waals surface area contributed by atoms with E-state index in [4.69, 9.17) is 0 Å². The predicted octanol–water partition coefficient (Wildman–Crippen LogP) is 15.6. The number of hydrogen-bond acceptors (Lipinski definition) is 4. The van der Waals surface area contributed by atoms with Crippen LogP contribution in [0.4, 0.5) is 0 Å². The Morgan fingerprint density at radius 3 is 0.965 bits per heavy atom. The Morgan fingerprint density at radius 2 is 0.667 bits per heavy atom. The molecule has 0 aliphatic rings. The van der Waals surface area contributed by atoms with E-state index in [-0.39, 0.29) is 6.61 Å². The Bertz CT molecular complexity index is 803. The van der Waals surface area contributed by atoms with Crippen LogP contribution >= 0.6 is 0 Å². The fourth-order valence-corrected chi connectivity index (χ4v) is 8.31. The molecule has 0 heterocycles. The lowest BCUT2D eigenvalue weighted by molar-refractivity contribution is -0.131. The molecule has 3 unspecified atom stereocenters. The van der Waals surface area contributed by atoms with Gasteiger partial charge in [-0.2, -0.15) is 0 Å². The van der Waals surface area contributed by atoms with Crippen molar-refractivity contribution in [1.82, 2.24) is 5.32 Å². The van der Waals surface area contributed by atoms with E-state index < -0.39 is 24.2 Å². The molecule has 0 aromatic heterocycles. The van der Waals surface area contributed by atoms with Crippen molar-refractivity contribution in [2.45, 2.75) is 308 Å². The zero-order chi connectivity index (χ0) is 41.5. The van der Waals surface area contributed by atoms with Gasteiger partial charge in [-0.3, -0.25) is 4.79 Å². The van der Waals surface area contributed by atoms with Gasteiger partial charge in [0.05, 0.1) is 18.8 Å². The van der Waals surface area contributed by atoms with E-state index in [2.05, 4.69) is 31.3 Å². The summed E-state index contributed by atoms with van der Waals surface area (Å²) in [6.45, 7) is 4.26. The molecule has 0 aliphatic heterocycles. The molecule has 0 saturated heterocycles. The van der Waals surface area contributed by atoms with Gasteiger partial charge in [0.15, 0.2) is 0 Å². The second-order valence-corrected chi connectivity index (χ2v) is 18.1. The lowest BCUT2D eigenvalue weighted by Crippen LogP contribution is -2.49. The van der Waals surface area contributed by atoms with E-state index in [0.717, 1.165) is 32.1 Å². The van der Waals surface area contributed by atoms with E-state index in [0.29, 0.717) is 12.8 Å². The number of nitrogens with one attached hydrogen (secondary N) is 1. The molecule has 0 saturated carbocycles. The number of amides is 1. The molecular weight excluding hydrogens is 703 g/mol. The molecule has 0 bridgehead atoms. The van der Waals surface area contributed by atoms with Gasteiger partial charge in [-0.05, 0) is 38.5 Å². The van der Waals surface area contributed by atoms with Gasteiger partial charge in [0.2, 0.25) is 5.91 Å².